The number of aliphatic carboxylic acids is 1. The van der Waals surface area contributed by atoms with Gasteiger partial charge in [-0.05, 0) is 87.1 Å². The van der Waals surface area contributed by atoms with Gasteiger partial charge >= 0.3 is 5.97 Å². The smallest absolute Gasteiger partial charge is 0.306 e. The van der Waals surface area contributed by atoms with Gasteiger partial charge in [-0.2, -0.15) is 0 Å². The van der Waals surface area contributed by atoms with Gasteiger partial charge in [0.2, 0.25) is 5.78 Å². The number of carbonyl (C=O) groups is 3. The Morgan fingerprint density at radius 2 is 1.53 bits per heavy atom. The number of ketones is 1. The normalized spacial score (nSPS) is 20.6. The number of nitrogens with one attached hydrogen (secondary N) is 1. The minimum Gasteiger partial charge on any atom is -0.481 e. The maximum absolute atomic E-state index is 13.8. The molecule has 0 atom stereocenters. The second-order valence-corrected chi connectivity index (χ2v) is 16.9. The zero-order chi connectivity index (χ0) is 39.8. The van der Waals surface area contributed by atoms with Crippen molar-refractivity contribution in [3.05, 3.63) is 87.0 Å². The monoisotopic (exact) mass is 795 g/mol. The van der Waals surface area contributed by atoms with Crippen molar-refractivity contribution in [1.29, 1.82) is 0 Å². The van der Waals surface area contributed by atoms with Crippen LogP contribution in [0.25, 0.3) is 11.1 Å². The number of fused-ring (bicyclic) bond motifs is 2. The van der Waals surface area contributed by atoms with E-state index in [2.05, 4.69) is 15.1 Å². The van der Waals surface area contributed by atoms with Gasteiger partial charge in [0.25, 0.3) is 5.91 Å². The summed E-state index contributed by atoms with van der Waals surface area (Å²) < 4.78 is 9.47. The van der Waals surface area contributed by atoms with Gasteiger partial charge in [0.05, 0.1) is 22.3 Å². The lowest BCUT2D eigenvalue weighted by Crippen LogP contribution is -2.42. The average Bonchev–Trinajstić information content (AvgIpc) is 3.74. The molecule has 1 saturated carbocycles. The zero-order valence-electron chi connectivity index (χ0n) is 33.4. The third kappa shape index (κ3) is 8.19. The van der Waals surface area contributed by atoms with Crippen LogP contribution < -0.4 is 5.32 Å². The van der Waals surface area contributed by atoms with Crippen molar-refractivity contribution < 1.29 is 24.2 Å². The van der Waals surface area contributed by atoms with Gasteiger partial charge in [0.15, 0.2) is 11.6 Å². The minimum absolute atomic E-state index is 0.0675. The summed E-state index contributed by atoms with van der Waals surface area (Å²) in [7, 11) is 3.86. The number of nitrogens with zero attached hydrogens (tertiary/aromatic N) is 6. The van der Waals surface area contributed by atoms with E-state index in [1.165, 1.54) is 0 Å². The number of aromatic nitrogens is 4. The van der Waals surface area contributed by atoms with Crippen LogP contribution in [0.1, 0.15) is 100 Å². The molecule has 4 aromatic rings. The maximum atomic E-state index is 13.8. The van der Waals surface area contributed by atoms with Crippen molar-refractivity contribution in [2.24, 2.45) is 25.9 Å². The summed E-state index contributed by atoms with van der Waals surface area (Å²) in [5.41, 5.74) is 8.09. The molecule has 8 rings (SSSR count). The Hall–Kier alpha value is -4.36. The maximum Gasteiger partial charge on any atom is 0.306 e. The Morgan fingerprint density at radius 1 is 0.860 bits per heavy atom. The van der Waals surface area contributed by atoms with E-state index < -0.39 is 5.97 Å². The number of ether oxygens (including phenoxy) is 1. The van der Waals surface area contributed by atoms with Crippen LogP contribution in [0.15, 0.2) is 36.4 Å². The molecule has 2 aromatic heterocycles. The van der Waals surface area contributed by atoms with Crippen molar-refractivity contribution in [1.82, 2.24) is 28.9 Å². The summed E-state index contributed by atoms with van der Waals surface area (Å²) in [6.45, 7) is 7.84. The topological polar surface area (TPSA) is 135 Å². The summed E-state index contributed by atoms with van der Waals surface area (Å²) in [5.74, 6) is 0.230. The molecule has 2 fully saturated rings. The largest absolute Gasteiger partial charge is 0.481 e. The number of halogens is 1. The van der Waals surface area contributed by atoms with Gasteiger partial charge in [-0.15, -0.1) is 0 Å². The number of carbonyl (C=O) groups excluding carboxylic acids is 2. The van der Waals surface area contributed by atoms with Crippen molar-refractivity contribution in [3.63, 3.8) is 0 Å². The third-order valence-corrected chi connectivity index (χ3v) is 13.6. The number of anilines is 1. The highest BCUT2D eigenvalue weighted by molar-refractivity contribution is 6.34. The number of Topliss-reactive ketones (excluding diaryl/α,β-unsaturated/α-hetero) is 1. The fourth-order valence-corrected chi connectivity index (χ4v) is 9.91. The quantitative estimate of drug-likeness (QED) is 0.160. The summed E-state index contributed by atoms with van der Waals surface area (Å²) >= 11 is 7.10. The van der Waals surface area contributed by atoms with E-state index in [1.54, 1.807) is 0 Å². The Kier molecular flexibility index (Phi) is 11.7. The molecule has 302 valence electrons. The fourth-order valence-electron chi connectivity index (χ4n) is 9.62. The lowest BCUT2D eigenvalue weighted by atomic mass is 9.80. The van der Waals surface area contributed by atoms with Crippen LogP contribution in [0.3, 0.4) is 0 Å². The van der Waals surface area contributed by atoms with Gasteiger partial charge in [-0.25, -0.2) is 9.97 Å². The predicted octanol–water partition coefficient (Wildman–Crippen LogP) is 6.64. The number of carboxylic acid groups (broad SMARTS) is 1. The molecule has 57 heavy (non-hydrogen) atoms. The first-order chi connectivity index (χ1) is 27.5. The van der Waals surface area contributed by atoms with E-state index in [0.29, 0.717) is 40.9 Å². The molecule has 5 heterocycles. The summed E-state index contributed by atoms with van der Waals surface area (Å²) in [4.78, 5) is 53.6. The Bertz CT molecular complexity index is 2160. The second-order valence-electron chi connectivity index (χ2n) is 16.5. The molecule has 0 radical (unpaired) electrons. The summed E-state index contributed by atoms with van der Waals surface area (Å²) in [6, 6.07) is 12.1. The highest BCUT2D eigenvalue weighted by Crippen LogP contribution is 2.37. The van der Waals surface area contributed by atoms with Crippen LogP contribution >= 0.6 is 11.6 Å². The van der Waals surface area contributed by atoms with Crippen LogP contribution in [-0.2, 0) is 56.0 Å². The number of rotatable bonds is 11. The standard InChI is InChI=1S/C44H54ClN7O5/c1-27-32(33-8-4-6-30(40(33)45)24-39(53)41-46-36-26-52(21-16-38(36)49(41)2)31-17-22-57-23-18-31)7-5-9-34(27)48-43(54)42-47-35-25-51(20-15-37(35)50(42)3)19-14-28-10-12-29(13-11-28)44(55)56/h4-9,28-29,31H,10-26H2,1-3H3,(H,48,54)(H,55,56). The summed E-state index contributed by atoms with van der Waals surface area (Å²) in [6.07, 6.45) is 8.45. The third-order valence-electron chi connectivity index (χ3n) is 13.1. The molecule has 0 bridgehead atoms. The number of amides is 1. The lowest BCUT2D eigenvalue weighted by molar-refractivity contribution is -0.143. The van der Waals surface area contributed by atoms with Gasteiger partial charge in [-0.3, -0.25) is 24.2 Å². The van der Waals surface area contributed by atoms with Crippen LogP contribution in [-0.4, -0.2) is 90.6 Å². The molecule has 0 spiro atoms. The van der Waals surface area contributed by atoms with Crippen LogP contribution in [0.4, 0.5) is 5.69 Å². The lowest BCUT2D eigenvalue weighted by Gasteiger charge is -2.36. The minimum atomic E-state index is -0.660. The van der Waals surface area contributed by atoms with Gasteiger partial charge < -0.3 is 24.3 Å². The Balaban J connectivity index is 0.921. The van der Waals surface area contributed by atoms with Crippen LogP contribution in [0, 0.1) is 18.8 Å². The van der Waals surface area contributed by atoms with Gasteiger partial charge in [-0.1, -0.05) is 41.9 Å². The van der Waals surface area contributed by atoms with Crippen molar-refractivity contribution in [3.8, 4) is 11.1 Å². The molecule has 1 saturated heterocycles. The van der Waals surface area contributed by atoms with Crippen molar-refractivity contribution >= 4 is 34.9 Å². The van der Waals surface area contributed by atoms with Gasteiger partial charge in [0, 0.05) is 101 Å². The average molecular weight is 796 g/mol. The molecule has 3 aliphatic heterocycles. The van der Waals surface area contributed by atoms with E-state index in [1.807, 2.05) is 66.6 Å². The molecule has 13 heteroatoms. The summed E-state index contributed by atoms with van der Waals surface area (Å²) in [5, 5.41) is 13.0. The molecule has 4 aliphatic rings. The Labute approximate surface area is 339 Å². The van der Waals surface area contributed by atoms with Gasteiger partial charge in [0.1, 0.15) is 0 Å². The number of carboxylic acids is 1. The van der Waals surface area contributed by atoms with E-state index in [4.69, 9.17) is 26.3 Å². The molecular formula is C44H54ClN7O5. The number of hydrogen-bond donors (Lipinski definition) is 2. The SMILES string of the molecule is Cc1c(NC(=O)c2nc3c(n2C)CCN(CCC2CCC(C(=O)O)CC2)C3)cccc1-c1cccc(CC(=O)c2nc3c(n2C)CCN(C2CCOCC2)C3)c1Cl. The van der Waals surface area contributed by atoms with Crippen molar-refractivity contribution in [2.75, 3.05) is 38.2 Å². The van der Waals surface area contributed by atoms with Crippen molar-refractivity contribution in [2.45, 2.75) is 90.3 Å². The second kappa shape index (κ2) is 16.9. The van der Waals surface area contributed by atoms with Crippen LogP contribution in [0.2, 0.25) is 5.02 Å². The number of hydrogen-bond acceptors (Lipinski definition) is 8. The number of benzene rings is 2. The molecule has 2 aromatic carbocycles. The first kappa shape index (κ1) is 39.5. The molecule has 0 unspecified atom stereocenters. The Morgan fingerprint density at radius 3 is 2.28 bits per heavy atom. The van der Waals surface area contributed by atoms with E-state index >= 15 is 0 Å². The fraction of sp³-hybridized carbons (Fsp3) is 0.523. The van der Waals surface area contributed by atoms with E-state index in [9.17, 15) is 19.5 Å². The zero-order valence-corrected chi connectivity index (χ0v) is 34.1. The van der Waals surface area contributed by atoms with Crippen LogP contribution in [0.5, 0.6) is 0 Å². The first-order valence-electron chi connectivity index (χ1n) is 20.6. The first-order valence-corrected chi connectivity index (χ1v) is 21.0. The van der Waals surface area contributed by atoms with E-state index in [-0.39, 0.29) is 24.0 Å². The molecule has 1 amide bonds. The predicted molar refractivity (Wildman–Crippen MR) is 219 cm³/mol. The van der Waals surface area contributed by atoms with E-state index in [0.717, 1.165) is 142 Å². The highest BCUT2D eigenvalue weighted by Gasteiger charge is 2.31. The number of imidazole rings is 2. The molecule has 2 N–H and O–H groups in total. The molecule has 1 aliphatic carbocycles. The molecule has 12 nitrogen and oxygen atoms in total. The molecular weight excluding hydrogens is 742 g/mol. The highest BCUT2D eigenvalue weighted by atomic mass is 35.5.